The highest BCUT2D eigenvalue weighted by Crippen LogP contribution is 2.33. The molecule has 3 aromatic rings. The van der Waals surface area contributed by atoms with Crippen LogP contribution in [0.5, 0.6) is 5.75 Å². The maximum atomic E-state index is 14.3. The lowest BCUT2D eigenvalue weighted by Crippen LogP contribution is -2.17. The number of hydrogen-bond donors (Lipinski definition) is 1. The molecule has 3 aromatic carbocycles. The van der Waals surface area contributed by atoms with Gasteiger partial charge in [-0.2, -0.15) is 8.78 Å². The Kier molecular flexibility index (Phi) is 6.57. The summed E-state index contributed by atoms with van der Waals surface area (Å²) in [7, 11) is 0. The molecule has 0 heterocycles. The molecule has 0 amide bonds. The lowest BCUT2D eigenvalue weighted by atomic mass is 10.1. The molecule has 0 unspecified atom stereocenters. The molecule has 0 spiro atoms. The maximum absolute atomic E-state index is 14.3. The third kappa shape index (κ3) is 4.20. The average molecular weight is 577 g/mol. The molecule has 0 bridgehead atoms. The molecule has 0 atom stereocenters. The molecule has 0 aromatic heterocycles. The van der Waals surface area contributed by atoms with Crippen LogP contribution < -0.4 is 10.1 Å². The number of carbonyl (C=O) groups is 1. The maximum Gasteiger partial charge on any atom is 0.346 e. The second kappa shape index (κ2) is 8.88. The van der Waals surface area contributed by atoms with Gasteiger partial charge in [0.15, 0.2) is 17.5 Å². The lowest BCUT2D eigenvalue weighted by molar-refractivity contribution is 0.0716. The Bertz CT molecular complexity index is 1240. The van der Waals surface area contributed by atoms with E-state index in [1.54, 1.807) is 22.6 Å². The van der Waals surface area contributed by atoms with Crippen molar-refractivity contribution in [3.05, 3.63) is 85.8 Å². The van der Waals surface area contributed by atoms with Crippen LogP contribution in [0.25, 0.3) is 0 Å². The average Bonchev–Trinajstić information content (AvgIpc) is 2.75. The largest absolute Gasteiger partial charge is 0.416 e. The van der Waals surface area contributed by atoms with E-state index in [1.807, 2.05) is 5.32 Å². The number of esters is 1. The van der Waals surface area contributed by atoms with E-state index in [0.717, 1.165) is 12.1 Å². The number of nitrogens with one attached hydrogen (secondary N) is 1. The molecule has 1 N–H and O–H groups in total. The molecule has 0 radical (unpaired) electrons. The number of halogens is 10. The van der Waals surface area contributed by atoms with E-state index < -0.39 is 81.0 Å². The summed E-state index contributed by atoms with van der Waals surface area (Å²) in [5.74, 6) is -23.8. The zero-order valence-corrected chi connectivity index (χ0v) is 17.1. The van der Waals surface area contributed by atoms with Crippen LogP contribution in [0, 0.1) is 55.9 Å². The Morgan fingerprint density at radius 2 is 1.28 bits per heavy atom. The highest BCUT2D eigenvalue weighted by molar-refractivity contribution is 14.1. The summed E-state index contributed by atoms with van der Waals surface area (Å²) in [6.07, 6.45) is 0. The van der Waals surface area contributed by atoms with E-state index in [9.17, 15) is 44.3 Å². The van der Waals surface area contributed by atoms with E-state index in [4.69, 9.17) is 0 Å². The van der Waals surface area contributed by atoms with E-state index in [0.29, 0.717) is 3.57 Å². The van der Waals surface area contributed by atoms with Gasteiger partial charge < -0.3 is 10.1 Å². The van der Waals surface area contributed by atoms with Crippen molar-refractivity contribution < 1.29 is 49.0 Å². The van der Waals surface area contributed by atoms with Crippen molar-refractivity contribution in [1.29, 1.82) is 0 Å². The van der Waals surface area contributed by atoms with Crippen LogP contribution in [0.15, 0.2) is 24.3 Å². The topological polar surface area (TPSA) is 38.3 Å². The molecule has 3 nitrogen and oxygen atoms in total. The standard InChI is InChI=1S/C19H5F9INO2/c20-7-3-5(29)1-2-9(7)30-17-6(4-8(21)10(22)14(17)26)19(31)32-18-15(27)12(24)11(23)13(25)16(18)28/h1-4,30H. The summed E-state index contributed by atoms with van der Waals surface area (Å²) in [6.45, 7) is 0. The van der Waals surface area contributed by atoms with Crippen LogP contribution in [0.4, 0.5) is 50.9 Å². The number of ether oxygens (including phenoxy) is 1. The van der Waals surface area contributed by atoms with Gasteiger partial charge in [-0.3, -0.25) is 0 Å². The van der Waals surface area contributed by atoms with Gasteiger partial charge in [0, 0.05) is 3.57 Å². The fourth-order valence-corrected chi connectivity index (χ4v) is 2.88. The smallest absolute Gasteiger partial charge is 0.346 e. The van der Waals surface area contributed by atoms with Gasteiger partial charge in [0.1, 0.15) is 5.82 Å². The Hall–Kier alpha value is -2.97. The molecule has 0 fully saturated rings. The van der Waals surface area contributed by atoms with Crippen LogP contribution in [0.2, 0.25) is 0 Å². The fourth-order valence-electron chi connectivity index (χ4n) is 2.43. The van der Waals surface area contributed by atoms with E-state index in [2.05, 4.69) is 4.74 Å². The van der Waals surface area contributed by atoms with Crippen LogP contribution in [0.1, 0.15) is 10.4 Å². The van der Waals surface area contributed by atoms with Crippen molar-refractivity contribution in [2.75, 3.05) is 5.32 Å². The van der Waals surface area contributed by atoms with Crippen molar-refractivity contribution >= 4 is 39.9 Å². The summed E-state index contributed by atoms with van der Waals surface area (Å²) < 4.78 is 128. The lowest BCUT2D eigenvalue weighted by Gasteiger charge is -2.15. The molecule has 3 rings (SSSR count). The fraction of sp³-hybridized carbons (Fsp3) is 0. The van der Waals surface area contributed by atoms with Gasteiger partial charge in [-0.1, -0.05) is 0 Å². The van der Waals surface area contributed by atoms with Crippen LogP contribution in [-0.4, -0.2) is 5.97 Å². The minimum Gasteiger partial charge on any atom is -0.416 e. The first-order valence-corrected chi connectivity index (χ1v) is 9.15. The molecule has 0 aliphatic heterocycles. The zero-order valence-electron chi connectivity index (χ0n) is 14.9. The van der Waals surface area contributed by atoms with Gasteiger partial charge in [0.05, 0.1) is 16.9 Å². The minimum absolute atomic E-state index is 0.0275. The molecule has 0 saturated heterocycles. The van der Waals surface area contributed by atoms with Crippen molar-refractivity contribution in [2.24, 2.45) is 0 Å². The van der Waals surface area contributed by atoms with Crippen molar-refractivity contribution in [3.63, 3.8) is 0 Å². The molecule has 0 saturated carbocycles. The Morgan fingerprint density at radius 3 is 1.84 bits per heavy atom. The first-order valence-electron chi connectivity index (χ1n) is 8.07. The van der Waals surface area contributed by atoms with Crippen LogP contribution >= 0.6 is 22.6 Å². The normalized spacial score (nSPS) is 10.9. The van der Waals surface area contributed by atoms with Gasteiger partial charge in [-0.25, -0.2) is 35.5 Å². The third-order valence-corrected chi connectivity index (χ3v) is 4.61. The Balaban J connectivity index is 2.11. The second-order valence-electron chi connectivity index (χ2n) is 5.95. The van der Waals surface area contributed by atoms with E-state index in [1.165, 1.54) is 6.07 Å². The van der Waals surface area contributed by atoms with Gasteiger partial charge >= 0.3 is 5.97 Å². The predicted octanol–water partition coefficient (Wildman–Crippen LogP) is 6.51. The molecule has 13 heteroatoms. The SMILES string of the molecule is O=C(Oc1c(F)c(F)c(F)c(F)c1F)c1cc(F)c(F)c(F)c1Nc1ccc(I)cc1F. The Morgan fingerprint density at radius 1 is 0.719 bits per heavy atom. The van der Waals surface area contributed by atoms with E-state index in [-0.39, 0.29) is 6.07 Å². The number of rotatable bonds is 4. The van der Waals surface area contributed by atoms with E-state index >= 15 is 0 Å². The summed E-state index contributed by atoms with van der Waals surface area (Å²) in [5.41, 5.74) is -3.03. The first-order chi connectivity index (χ1) is 14.9. The highest BCUT2D eigenvalue weighted by atomic mass is 127. The Labute approximate surface area is 185 Å². The molecular weight excluding hydrogens is 572 g/mol. The van der Waals surface area contributed by atoms with Gasteiger partial charge in [-0.05, 0) is 46.9 Å². The quantitative estimate of drug-likeness (QED) is 0.0961. The van der Waals surface area contributed by atoms with Crippen molar-refractivity contribution in [3.8, 4) is 5.75 Å². The van der Waals surface area contributed by atoms with Gasteiger partial charge in [0.2, 0.25) is 34.8 Å². The number of carbonyl (C=O) groups excluding carboxylic acids is 1. The molecule has 32 heavy (non-hydrogen) atoms. The predicted molar refractivity (Wildman–Crippen MR) is 99.9 cm³/mol. The summed E-state index contributed by atoms with van der Waals surface area (Å²) in [5, 5.41) is 1.98. The van der Waals surface area contributed by atoms with Crippen LogP contribution in [0.3, 0.4) is 0 Å². The minimum atomic E-state index is -2.55. The van der Waals surface area contributed by atoms with Crippen molar-refractivity contribution in [1.82, 2.24) is 0 Å². The summed E-state index contributed by atoms with van der Waals surface area (Å²) in [4.78, 5) is 12.3. The van der Waals surface area contributed by atoms with Gasteiger partial charge in [0.25, 0.3) is 0 Å². The van der Waals surface area contributed by atoms with Gasteiger partial charge in [-0.15, -0.1) is 0 Å². The number of benzene rings is 3. The monoisotopic (exact) mass is 577 g/mol. The second-order valence-corrected chi connectivity index (χ2v) is 7.19. The highest BCUT2D eigenvalue weighted by Gasteiger charge is 2.31. The molecule has 0 aliphatic carbocycles. The van der Waals surface area contributed by atoms with Crippen LogP contribution in [-0.2, 0) is 0 Å². The first kappa shape index (κ1) is 23.7. The number of anilines is 2. The molecular formula is C19H5F9INO2. The molecule has 168 valence electrons. The molecule has 0 aliphatic rings. The zero-order chi connectivity index (χ0) is 23.9. The summed E-state index contributed by atoms with van der Waals surface area (Å²) in [6, 6.07) is 3.33. The summed E-state index contributed by atoms with van der Waals surface area (Å²) >= 11 is 1.73. The van der Waals surface area contributed by atoms with Crippen molar-refractivity contribution in [2.45, 2.75) is 0 Å². The third-order valence-electron chi connectivity index (χ3n) is 3.94. The number of hydrogen-bond acceptors (Lipinski definition) is 3.